The van der Waals surface area contributed by atoms with Crippen molar-refractivity contribution in [2.75, 3.05) is 0 Å². The first-order valence-electron chi connectivity index (χ1n) is 5.03. The van der Waals surface area contributed by atoms with Gasteiger partial charge in [-0.2, -0.15) is 5.10 Å². The minimum Gasteiger partial charge on any atom is -0.364 e. The third kappa shape index (κ3) is 2.55. The number of nitrogen functional groups attached to an aromatic ring is 1. The summed E-state index contributed by atoms with van der Waals surface area (Å²) in [6.45, 7) is 0.468. The van der Waals surface area contributed by atoms with Gasteiger partial charge in [0, 0.05) is 11.1 Å². The molecule has 2 heterocycles. The molecule has 0 bridgehead atoms. The lowest BCUT2D eigenvalue weighted by molar-refractivity contribution is 0.0956. The summed E-state index contributed by atoms with van der Waals surface area (Å²) in [5, 5.41) is 4.00. The van der Waals surface area contributed by atoms with Crippen molar-refractivity contribution in [2.45, 2.75) is 6.54 Å². The summed E-state index contributed by atoms with van der Waals surface area (Å²) in [5.41, 5.74) is 7.38. The van der Waals surface area contributed by atoms with Gasteiger partial charge in [-0.3, -0.25) is 19.7 Å². The molecule has 0 unspecified atom stereocenters. The average molecular weight is 265 g/mol. The van der Waals surface area contributed by atoms with Crippen LogP contribution in [0.5, 0.6) is 0 Å². The Labute approximate surface area is 106 Å². The maximum absolute atomic E-state index is 11.3. The number of carbonyl (C=O) groups excluding carboxylic acids is 2. The molecule has 0 spiro atoms. The third-order valence-corrected chi connectivity index (χ3v) is 3.30. The Morgan fingerprint density at radius 3 is 2.78 bits per heavy atom. The smallest absolute Gasteiger partial charge is 0.275 e. The van der Waals surface area contributed by atoms with Gasteiger partial charge in [0.05, 0.1) is 11.4 Å². The van der Waals surface area contributed by atoms with Crippen LogP contribution in [0.2, 0.25) is 0 Å². The SMILES string of the molecule is NNC(=O)c1ccc(Cn2ccc(C(N)=O)n2)s1. The number of hydrogen-bond donors (Lipinski definition) is 3. The number of nitrogens with one attached hydrogen (secondary N) is 1. The highest BCUT2D eigenvalue weighted by Crippen LogP contribution is 2.17. The van der Waals surface area contributed by atoms with Crippen molar-refractivity contribution >= 4 is 23.2 Å². The number of nitrogens with zero attached hydrogens (tertiary/aromatic N) is 2. The van der Waals surface area contributed by atoms with Gasteiger partial charge in [-0.25, -0.2) is 5.84 Å². The molecule has 0 saturated heterocycles. The molecule has 0 fully saturated rings. The molecule has 0 aliphatic heterocycles. The topological polar surface area (TPSA) is 116 Å². The van der Waals surface area contributed by atoms with Crippen molar-refractivity contribution in [3.63, 3.8) is 0 Å². The number of hydrogen-bond acceptors (Lipinski definition) is 5. The zero-order valence-electron chi connectivity index (χ0n) is 9.29. The summed E-state index contributed by atoms with van der Waals surface area (Å²) < 4.78 is 1.58. The molecule has 0 atom stereocenters. The first-order chi connectivity index (χ1) is 8.60. The van der Waals surface area contributed by atoms with E-state index in [2.05, 4.69) is 10.5 Å². The average Bonchev–Trinajstić information content (AvgIpc) is 2.98. The number of primary amides is 1. The Hall–Kier alpha value is -2.19. The summed E-state index contributed by atoms with van der Waals surface area (Å²) in [7, 11) is 0. The van der Waals surface area contributed by atoms with E-state index in [1.54, 1.807) is 29.1 Å². The monoisotopic (exact) mass is 265 g/mol. The van der Waals surface area contributed by atoms with Crippen LogP contribution in [0, 0.1) is 0 Å². The molecule has 2 aromatic rings. The summed E-state index contributed by atoms with van der Waals surface area (Å²) in [4.78, 5) is 23.6. The molecule has 94 valence electrons. The fourth-order valence-electron chi connectivity index (χ4n) is 1.40. The molecule has 7 nitrogen and oxygen atoms in total. The van der Waals surface area contributed by atoms with Crippen LogP contribution in [-0.4, -0.2) is 21.6 Å². The number of rotatable bonds is 4. The van der Waals surface area contributed by atoms with E-state index in [0.717, 1.165) is 4.88 Å². The van der Waals surface area contributed by atoms with Gasteiger partial charge in [0.2, 0.25) is 0 Å². The lowest BCUT2D eigenvalue weighted by Crippen LogP contribution is -2.29. The van der Waals surface area contributed by atoms with Gasteiger partial charge < -0.3 is 5.73 Å². The highest BCUT2D eigenvalue weighted by atomic mass is 32.1. The van der Waals surface area contributed by atoms with Crippen molar-refractivity contribution in [2.24, 2.45) is 11.6 Å². The van der Waals surface area contributed by atoms with E-state index in [9.17, 15) is 9.59 Å². The van der Waals surface area contributed by atoms with Crippen molar-refractivity contribution in [3.05, 3.63) is 39.8 Å². The molecule has 0 aliphatic carbocycles. The molecule has 0 aliphatic rings. The lowest BCUT2D eigenvalue weighted by atomic mass is 10.4. The van der Waals surface area contributed by atoms with E-state index in [4.69, 9.17) is 11.6 Å². The maximum atomic E-state index is 11.3. The van der Waals surface area contributed by atoms with Crippen molar-refractivity contribution in [1.29, 1.82) is 0 Å². The van der Waals surface area contributed by atoms with Crippen LogP contribution in [0.4, 0.5) is 0 Å². The van der Waals surface area contributed by atoms with E-state index in [1.165, 1.54) is 11.3 Å². The van der Waals surface area contributed by atoms with Crippen LogP contribution in [0.1, 0.15) is 25.0 Å². The second-order valence-corrected chi connectivity index (χ2v) is 4.67. The van der Waals surface area contributed by atoms with Crippen LogP contribution in [0.3, 0.4) is 0 Å². The normalized spacial score (nSPS) is 10.3. The molecule has 0 aromatic carbocycles. The van der Waals surface area contributed by atoms with Gasteiger partial charge in [-0.1, -0.05) is 0 Å². The second kappa shape index (κ2) is 4.98. The summed E-state index contributed by atoms with van der Waals surface area (Å²) in [6.07, 6.45) is 1.66. The van der Waals surface area contributed by atoms with Gasteiger partial charge in [-0.05, 0) is 18.2 Å². The Morgan fingerprint density at radius 2 is 2.17 bits per heavy atom. The molecule has 2 aromatic heterocycles. The Kier molecular flexibility index (Phi) is 3.40. The molecular formula is C10H11N5O2S. The quantitative estimate of drug-likeness (QED) is 0.399. The molecule has 0 saturated carbocycles. The number of hydrazine groups is 1. The molecule has 5 N–H and O–H groups in total. The fraction of sp³-hybridized carbons (Fsp3) is 0.100. The Balaban J connectivity index is 2.11. The van der Waals surface area contributed by atoms with Gasteiger partial charge in [0.25, 0.3) is 11.8 Å². The van der Waals surface area contributed by atoms with E-state index in [0.29, 0.717) is 11.4 Å². The van der Waals surface area contributed by atoms with Crippen molar-refractivity contribution < 1.29 is 9.59 Å². The fourth-order valence-corrected chi connectivity index (χ4v) is 2.30. The Morgan fingerprint density at radius 1 is 1.39 bits per heavy atom. The van der Waals surface area contributed by atoms with E-state index >= 15 is 0 Å². The molecule has 2 rings (SSSR count). The van der Waals surface area contributed by atoms with Crippen LogP contribution < -0.4 is 17.0 Å². The van der Waals surface area contributed by atoms with Gasteiger partial charge in [0.15, 0.2) is 0 Å². The summed E-state index contributed by atoms with van der Waals surface area (Å²) in [6, 6.07) is 5.03. The highest BCUT2D eigenvalue weighted by Gasteiger charge is 2.09. The number of thiophene rings is 1. The molecule has 18 heavy (non-hydrogen) atoms. The van der Waals surface area contributed by atoms with E-state index in [1.807, 2.05) is 0 Å². The minimum atomic E-state index is -0.567. The first kappa shape index (κ1) is 12.3. The van der Waals surface area contributed by atoms with E-state index in [-0.39, 0.29) is 11.6 Å². The van der Waals surface area contributed by atoms with Crippen molar-refractivity contribution in [3.8, 4) is 0 Å². The summed E-state index contributed by atoms with van der Waals surface area (Å²) in [5.74, 6) is 4.15. The molecular weight excluding hydrogens is 254 g/mol. The maximum Gasteiger partial charge on any atom is 0.275 e. The number of carbonyl (C=O) groups is 2. The summed E-state index contributed by atoms with van der Waals surface area (Å²) >= 11 is 1.31. The number of nitrogens with two attached hydrogens (primary N) is 2. The largest absolute Gasteiger partial charge is 0.364 e. The van der Waals surface area contributed by atoms with E-state index < -0.39 is 5.91 Å². The molecule has 0 radical (unpaired) electrons. The van der Waals surface area contributed by atoms with Crippen LogP contribution in [0.25, 0.3) is 0 Å². The van der Waals surface area contributed by atoms with Gasteiger partial charge in [0.1, 0.15) is 5.69 Å². The first-order valence-corrected chi connectivity index (χ1v) is 5.84. The van der Waals surface area contributed by atoms with Crippen LogP contribution in [0.15, 0.2) is 24.4 Å². The lowest BCUT2D eigenvalue weighted by Gasteiger charge is -1.97. The van der Waals surface area contributed by atoms with Crippen molar-refractivity contribution in [1.82, 2.24) is 15.2 Å². The second-order valence-electron chi connectivity index (χ2n) is 3.50. The molecule has 2 amide bonds. The van der Waals surface area contributed by atoms with Crippen LogP contribution >= 0.6 is 11.3 Å². The highest BCUT2D eigenvalue weighted by molar-refractivity contribution is 7.14. The predicted molar refractivity (Wildman–Crippen MR) is 65.8 cm³/mol. The standard InChI is InChI=1S/C10H11N5O2S/c11-9(16)7-3-4-15(14-7)5-6-1-2-8(18-6)10(17)13-12/h1-4H,5,12H2,(H2,11,16)(H,13,17). The zero-order chi connectivity index (χ0) is 13.1. The molecule has 8 heteroatoms. The number of amides is 2. The zero-order valence-corrected chi connectivity index (χ0v) is 10.1. The van der Waals surface area contributed by atoms with Gasteiger partial charge in [-0.15, -0.1) is 11.3 Å². The third-order valence-electron chi connectivity index (χ3n) is 2.23. The Bertz CT molecular complexity index is 589. The minimum absolute atomic E-state index is 0.214. The van der Waals surface area contributed by atoms with Gasteiger partial charge >= 0.3 is 0 Å². The number of aromatic nitrogens is 2. The van der Waals surface area contributed by atoms with Crippen LogP contribution in [-0.2, 0) is 6.54 Å². The predicted octanol–water partition coefficient (Wildman–Crippen LogP) is -0.305.